The molecule has 1 unspecified atom stereocenters. The minimum Gasteiger partial charge on any atom is -0.497 e. The second-order valence-corrected chi connectivity index (χ2v) is 11.1. The number of halogens is 2. The summed E-state index contributed by atoms with van der Waals surface area (Å²) < 4.78 is 40.5. The van der Waals surface area contributed by atoms with E-state index in [0.717, 1.165) is 6.07 Å². The molecule has 0 bridgehead atoms. The van der Waals surface area contributed by atoms with Crippen molar-refractivity contribution in [1.29, 1.82) is 0 Å². The van der Waals surface area contributed by atoms with Crippen LogP contribution in [0.15, 0.2) is 65.5 Å². The first-order valence-electron chi connectivity index (χ1n) is 15.2. The van der Waals surface area contributed by atoms with Crippen molar-refractivity contribution >= 4 is 34.2 Å². The zero-order valence-corrected chi connectivity index (χ0v) is 26.6. The number of hydrogen-bond acceptors (Lipinski definition) is 8. The van der Waals surface area contributed by atoms with Crippen molar-refractivity contribution in [2.45, 2.75) is 32.4 Å². The number of nitrogens with zero attached hydrogens (tertiary/aromatic N) is 5. The molecule has 3 N–H and O–H groups in total. The van der Waals surface area contributed by atoms with Crippen LogP contribution in [0.5, 0.6) is 11.5 Å². The Morgan fingerprint density at radius 3 is 2.30 bits per heavy atom. The maximum Gasteiger partial charge on any atom is 0.327 e. The molecule has 1 aliphatic heterocycles. The zero-order valence-electron chi connectivity index (χ0n) is 26.6. The number of methoxy groups -OCH3 is 2. The molecule has 0 saturated carbocycles. The predicted molar refractivity (Wildman–Crippen MR) is 175 cm³/mol. The largest absolute Gasteiger partial charge is 0.497 e. The van der Waals surface area contributed by atoms with Gasteiger partial charge in [-0.3, -0.25) is 14.5 Å². The molecule has 248 valence electrons. The van der Waals surface area contributed by atoms with Gasteiger partial charge in [-0.05, 0) is 61.9 Å². The van der Waals surface area contributed by atoms with E-state index >= 15 is 0 Å². The van der Waals surface area contributed by atoms with Gasteiger partial charge in [-0.1, -0.05) is 6.92 Å². The summed E-state index contributed by atoms with van der Waals surface area (Å²) in [6.45, 7) is 4.65. The highest BCUT2D eigenvalue weighted by Crippen LogP contribution is 2.37. The molecule has 1 aromatic heterocycles. The lowest BCUT2D eigenvalue weighted by Crippen LogP contribution is -2.58. The summed E-state index contributed by atoms with van der Waals surface area (Å²) in [5.74, 6) is -0.335. The third-order valence-electron chi connectivity index (χ3n) is 8.16. The van der Waals surface area contributed by atoms with Crippen LogP contribution in [0.1, 0.15) is 32.1 Å². The number of amides is 3. The SMILES string of the molecule is CC[C@H](N)C(=O)N1CCN(n2c(C(C)N(C(=O)Nc3ccc(F)cc3)c3ccc(OC)cc3OC)nc3cc(F)ccc3c2=O)CC1. The molecule has 0 radical (unpaired) electrons. The van der Waals surface area contributed by atoms with Crippen LogP contribution in [-0.2, 0) is 4.79 Å². The molecule has 3 aromatic carbocycles. The molecule has 0 aliphatic carbocycles. The average Bonchev–Trinajstić information content (AvgIpc) is 3.08. The van der Waals surface area contributed by atoms with E-state index in [1.165, 1.54) is 60.2 Å². The molecule has 47 heavy (non-hydrogen) atoms. The van der Waals surface area contributed by atoms with E-state index in [-0.39, 0.29) is 41.5 Å². The van der Waals surface area contributed by atoms with Gasteiger partial charge >= 0.3 is 6.03 Å². The molecular weight excluding hydrogens is 612 g/mol. The third-order valence-corrected chi connectivity index (χ3v) is 8.16. The maximum absolute atomic E-state index is 14.4. The van der Waals surface area contributed by atoms with E-state index in [2.05, 4.69) is 5.32 Å². The van der Waals surface area contributed by atoms with Gasteiger partial charge in [0, 0.05) is 30.9 Å². The topological polar surface area (TPSA) is 135 Å². The Labute approximate surface area is 270 Å². The number of nitrogens with two attached hydrogens (primary N) is 1. The summed E-state index contributed by atoms with van der Waals surface area (Å²) in [6.07, 6.45) is 0.496. The zero-order chi connectivity index (χ0) is 33.8. The van der Waals surface area contributed by atoms with Crippen LogP contribution in [0.25, 0.3) is 10.9 Å². The maximum atomic E-state index is 14.4. The number of anilines is 2. The van der Waals surface area contributed by atoms with E-state index in [1.54, 1.807) is 35.0 Å². The van der Waals surface area contributed by atoms with E-state index in [1.807, 2.05) is 6.92 Å². The Kier molecular flexibility index (Phi) is 9.89. The molecule has 1 saturated heterocycles. The van der Waals surface area contributed by atoms with Gasteiger partial charge in [0.15, 0.2) is 5.82 Å². The van der Waals surface area contributed by atoms with Crippen molar-refractivity contribution in [1.82, 2.24) is 14.6 Å². The first-order chi connectivity index (χ1) is 22.6. The highest BCUT2D eigenvalue weighted by molar-refractivity contribution is 6.03. The molecule has 4 aromatic rings. The Hall–Kier alpha value is -5.24. The first kappa shape index (κ1) is 33.1. The summed E-state index contributed by atoms with van der Waals surface area (Å²) >= 11 is 0. The van der Waals surface area contributed by atoms with Gasteiger partial charge < -0.3 is 30.4 Å². The number of carbonyl (C=O) groups is 2. The van der Waals surface area contributed by atoms with Crippen LogP contribution < -0.4 is 36.0 Å². The van der Waals surface area contributed by atoms with E-state index in [4.69, 9.17) is 20.2 Å². The summed E-state index contributed by atoms with van der Waals surface area (Å²) in [5.41, 5.74) is 6.26. The van der Waals surface area contributed by atoms with Crippen molar-refractivity contribution in [2.24, 2.45) is 5.73 Å². The quantitative estimate of drug-likeness (QED) is 0.278. The molecule has 3 amide bonds. The number of urea groups is 1. The van der Waals surface area contributed by atoms with Crippen LogP contribution in [0.3, 0.4) is 0 Å². The van der Waals surface area contributed by atoms with Gasteiger partial charge in [-0.2, -0.15) is 0 Å². The molecule has 1 fully saturated rings. The van der Waals surface area contributed by atoms with Gasteiger partial charge in [0.25, 0.3) is 5.56 Å². The number of aromatic nitrogens is 2. The minimum atomic E-state index is -0.966. The van der Waals surface area contributed by atoms with Crippen LogP contribution in [0.4, 0.5) is 25.0 Å². The highest BCUT2D eigenvalue weighted by Gasteiger charge is 2.33. The monoisotopic (exact) mass is 649 g/mol. The number of rotatable bonds is 9. The first-order valence-corrected chi connectivity index (χ1v) is 15.2. The van der Waals surface area contributed by atoms with Crippen molar-refractivity contribution in [3.05, 3.63) is 88.5 Å². The van der Waals surface area contributed by atoms with Crippen molar-refractivity contribution < 1.29 is 27.8 Å². The second-order valence-electron chi connectivity index (χ2n) is 11.1. The molecule has 12 nitrogen and oxygen atoms in total. The van der Waals surface area contributed by atoms with Gasteiger partial charge in [-0.25, -0.2) is 23.2 Å². The van der Waals surface area contributed by atoms with Crippen LogP contribution in [0.2, 0.25) is 0 Å². The lowest BCUT2D eigenvalue weighted by Gasteiger charge is -2.39. The average molecular weight is 650 g/mol. The van der Waals surface area contributed by atoms with E-state index in [9.17, 15) is 23.2 Å². The summed E-state index contributed by atoms with van der Waals surface area (Å²) in [7, 11) is 2.94. The Bertz CT molecular complexity index is 1830. The molecular formula is C33H37F2N7O5. The Balaban J connectivity index is 1.64. The number of hydrogen-bond donors (Lipinski definition) is 2. The van der Waals surface area contributed by atoms with Crippen LogP contribution >= 0.6 is 0 Å². The van der Waals surface area contributed by atoms with Crippen molar-refractivity contribution in [3.8, 4) is 11.5 Å². The fraction of sp³-hybridized carbons (Fsp3) is 0.333. The normalized spacial score (nSPS) is 14.4. The number of carbonyl (C=O) groups excluding carboxylic acids is 2. The van der Waals surface area contributed by atoms with E-state index in [0.29, 0.717) is 36.6 Å². The highest BCUT2D eigenvalue weighted by atomic mass is 19.1. The van der Waals surface area contributed by atoms with Gasteiger partial charge in [0.05, 0.1) is 56.0 Å². The number of piperazine rings is 1. The summed E-state index contributed by atoms with van der Waals surface area (Å²) in [5, 5.41) is 4.72. The fourth-order valence-electron chi connectivity index (χ4n) is 5.55. The van der Waals surface area contributed by atoms with Crippen molar-refractivity contribution in [3.63, 3.8) is 0 Å². The standard InChI is InChI=1S/C33H37F2N7O5/c1-5-26(36)32(44)39-14-16-40(17-15-39)42-30(38-27-18-22(35)8-12-25(27)31(42)43)20(2)41(28-13-11-24(46-3)19-29(28)47-4)33(45)37-23-9-6-21(34)7-10-23/h6-13,18-20,26H,5,14-17,36H2,1-4H3,(H,37,45)/t20?,26-/m0/s1. The van der Waals surface area contributed by atoms with Gasteiger partial charge in [-0.15, -0.1) is 0 Å². The summed E-state index contributed by atoms with van der Waals surface area (Å²) in [6, 6.07) is 11.6. The fourth-order valence-corrected chi connectivity index (χ4v) is 5.55. The Morgan fingerprint density at radius 1 is 0.979 bits per heavy atom. The lowest BCUT2D eigenvalue weighted by atomic mass is 10.1. The third kappa shape index (κ3) is 6.82. The molecule has 0 spiro atoms. The molecule has 2 heterocycles. The molecule has 14 heteroatoms. The number of nitrogens with one attached hydrogen (secondary N) is 1. The van der Waals surface area contributed by atoms with Crippen LogP contribution in [-0.4, -0.2) is 72.9 Å². The Morgan fingerprint density at radius 2 is 1.66 bits per heavy atom. The van der Waals surface area contributed by atoms with Crippen molar-refractivity contribution in [2.75, 3.05) is 55.6 Å². The van der Waals surface area contributed by atoms with E-state index < -0.39 is 35.3 Å². The second kappa shape index (κ2) is 14.0. The number of fused-ring (bicyclic) bond motifs is 1. The van der Waals surface area contributed by atoms with Crippen LogP contribution in [0, 0.1) is 11.6 Å². The minimum absolute atomic E-state index is 0.108. The number of benzene rings is 3. The smallest absolute Gasteiger partial charge is 0.327 e. The summed E-state index contributed by atoms with van der Waals surface area (Å²) in [4.78, 5) is 48.8. The lowest BCUT2D eigenvalue weighted by molar-refractivity contribution is -0.133. The molecule has 5 rings (SSSR count). The molecule has 2 atom stereocenters. The van der Waals surface area contributed by atoms with Gasteiger partial charge in [0.2, 0.25) is 5.91 Å². The molecule has 1 aliphatic rings. The van der Waals surface area contributed by atoms with Gasteiger partial charge in [0.1, 0.15) is 23.1 Å². The number of ether oxygens (including phenoxy) is 2. The predicted octanol–water partition coefficient (Wildman–Crippen LogP) is 4.01.